The lowest BCUT2D eigenvalue weighted by Gasteiger charge is -2.23. The summed E-state index contributed by atoms with van der Waals surface area (Å²) in [4.78, 5) is 11.6. The fraction of sp³-hybridized carbons (Fsp3) is 0.900. The Morgan fingerprint density at radius 2 is 2.46 bits per heavy atom. The maximum absolute atomic E-state index is 11.6. The first kappa shape index (κ1) is 10.5. The lowest BCUT2D eigenvalue weighted by atomic mass is 9.98. The van der Waals surface area contributed by atoms with Gasteiger partial charge in [-0.3, -0.25) is 4.79 Å². The predicted octanol–water partition coefficient (Wildman–Crippen LogP) is 0.901. The highest BCUT2D eigenvalue weighted by Gasteiger charge is 2.21. The van der Waals surface area contributed by atoms with E-state index in [1.54, 1.807) is 0 Å². The first-order valence-electron chi connectivity index (χ1n) is 5.25. The number of hydrogen-bond acceptors (Lipinski definition) is 2. The Bertz CT molecular complexity index is 164. The van der Waals surface area contributed by atoms with Crippen LogP contribution in [0.4, 0.5) is 0 Å². The van der Waals surface area contributed by atoms with Crippen molar-refractivity contribution in [1.29, 1.82) is 0 Å². The smallest absolute Gasteiger partial charge is 0.224 e. The summed E-state index contributed by atoms with van der Waals surface area (Å²) in [5, 5.41) is 6.27. The Morgan fingerprint density at radius 1 is 1.69 bits per heavy atom. The lowest BCUT2D eigenvalue weighted by molar-refractivity contribution is -0.126. The van der Waals surface area contributed by atoms with E-state index in [9.17, 15) is 4.79 Å². The number of carbonyl (C=O) groups excluding carboxylic acids is 1. The Kier molecular flexibility index (Phi) is 4.22. The van der Waals surface area contributed by atoms with Crippen molar-refractivity contribution < 1.29 is 4.79 Å². The van der Waals surface area contributed by atoms with Gasteiger partial charge in [-0.25, -0.2) is 0 Å². The van der Waals surface area contributed by atoms with Crippen molar-refractivity contribution in [3.63, 3.8) is 0 Å². The molecule has 0 saturated carbocycles. The molecule has 0 spiro atoms. The molecule has 1 aliphatic rings. The molecular weight excluding hydrogens is 164 g/mol. The van der Waals surface area contributed by atoms with Crippen LogP contribution in [-0.2, 0) is 4.79 Å². The van der Waals surface area contributed by atoms with Gasteiger partial charge in [-0.2, -0.15) is 0 Å². The van der Waals surface area contributed by atoms with Crippen LogP contribution in [0.25, 0.3) is 0 Å². The molecule has 0 bridgehead atoms. The van der Waals surface area contributed by atoms with E-state index in [4.69, 9.17) is 0 Å². The van der Waals surface area contributed by atoms with Gasteiger partial charge in [-0.05, 0) is 32.7 Å². The van der Waals surface area contributed by atoms with Gasteiger partial charge in [0.25, 0.3) is 0 Å². The monoisotopic (exact) mass is 184 g/mol. The van der Waals surface area contributed by atoms with Crippen molar-refractivity contribution in [2.24, 2.45) is 5.92 Å². The van der Waals surface area contributed by atoms with Gasteiger partial charge in [0.05, 0.1) is 5.92 Å². The van der Waals surface area contributed by atoms with E-state index in [0.717, 1.165) is 32.4 Å². The van der Waals surface area contributed by atoms with Gasteiger partial charge < -0.3 is 10.6 Å². The number of amides is 1. The quantitative estimate of drug-likeness (QED) is 0.684. The van der Waals surface area contributed by atoms with Gasteiger partial charge in [0.15, 0.2) is 0 Å². The summed E-state index contributed by atoms with van der Waals surface area (Å²) in [6, 6.07) is 0.314. The summed E-state index contributed by atoms with van der Waals surface area (Å²) < 4.78 is 0. The molecule has 1 fully saturated rings. The molecule has 1 saturated heterocycles. The Labute approximate surface area is 80.3 Å². The van der Waals surface area contributed by atoms with Crippen molar-refractivity contribution in [3.8, 4) is 0 Å². The highest BCUT2D eigenvalue weighted by atomic mass is 16.1. The van der Waals surface area contributed by atoms with Crippen LogP contribution in [-0.4, -0.2) is 25.0 Å². The van der Waals surface area contributed by atoms with Crippen LogP contribution in [0.1, 0.15) is 33.1 Å². The molecule has 1 aliphatic heterocycles. The third-order valence-corrected chi connectivity index (χ3v) is 2.67. The fourth-order valence-electron chi connectivity index (χ4n) is 1.54. The van der Waals surface area contributed by atoms with Crippen LogP contribution in [0.2, 0.25) is 0 Å². The molecule has 0 unspecified atom stereocenters. The fourth-order valence-corrected chi connectivity index (χ4v) is 1.54. The van der Waals surface area contributed by atoms with E-state index in [1.165, 1.54) is 0 Å². The minimum Gasteiger partial charge on any atom is -0.353 e. The normalized spacial score (nSPS) is 25.2. The molecule has 0 aromatic rings. The molecule has 2 N–H and O–H groups in total. The maximum atomic E-state index is 11.6. The van der Waals surface area contributed by atoms with E-state index in [1.807, 2.05) is 6.92 Å². The van der Waals surface area contributed by atoms with Crippen LogP contribution in [0.5, 0.6) is 0 Å². The molecule has 13 heavy (non-hydrogen) atoms. The molecule has 3 nitrogen and oxygen atoms in total. The summed E-state index contributed by atoms with van der Waals surface area (Å²) in [5.41, 5.74) is 0. The van der Waals surface area contributed by atoms with Gasteiger partial charge in [-0.1, -0.05) is 6.92 Å². The molecule has 2 atom stereocenters. The summed E-state index contributed by atoms with van der Waals surface area (Å²) >= 11 is 0. The largest absolute Gasteiger partial charge is 0.353 e. The van der Waals surface area contributed by atoms with Gasteiger partial charge in [0, 0.05) is 12.6 Å². The van der Waals surface area contributed by atoms with Gasteiger partial charge in [-0.15, -0.1) is 0 Å². The molecule has 0 aromatic carbocycles. The second kappa shape index (κ2) is 5.22. The standard InChI is InChI=1S/C10H20N2O/c1-3-8(2)12-10(13)9-5-4-6-11-7-9/h8-9,11H,3-7H2,1-2H3,(H,12,13)/t8-,9+/m0/s1. The second-order valence-electron chi connectivity index (χ2n) is 3.86. The van der Waals surface area contributed by atoms with Gasteiger partial charge in [0.2, 0.25) is 5.91 Å². The van der Waals surface area contributed by atoms with E-state index < -0.39 is 0 Å². The second-order valence-corrected chi connectivity index (χ2v) is 3.86. The minimum atomic E-state index is 0.197. The van der Waals surface area contributed by atoms with Gasteiger partial charge in [0.1, 0.15) is 0 Å². The zero-order chi connectivity index (χ0) is 9.68. The van der Waals surface area contributed by atoms with Crippen molar-refractivity contribution >= 4 is 5.91 Å². The van der Waals surface area contributed by atoms with Crippen molar-refractivity contribution in [3.05, 3.63) is 0 Å². The molecule has 1 rings (SSSR count). The van der Waals surface area contributed by atoms with E-state index >= 15 is 0 Å². The van der Waals surface area contributed by atoms with E-state index in [0.29, 0.717) is 6.04 Å². The number of carbonyl (C=O) groups is 1. The van der Waals surface area contributed by atoms with Crippen LogP contribution in [0.3, 0.4) is 0 Å². The Morgan fingerprint density at radius 3 is 3.00 bits per heavy atom. The molecule has 0 radical (unpaired) electrons. The Balaban J connectivity index is 2.29. The van der Waals surface area contributed by atoms with Crippen molar-refractivity contribution in [2.75, 3.05) is 13.1 Å². The zero-order valence-electron chi connectivity index (χ0n) is 8.60. The Hall–Kier alpha value is -0.570. The predicted molar refractivity (Wildman–Crippen MR) is 53.5 cm³/mol. The van der Waals surface area contributed by atoms with Crippen LogP contribution >= 0.6 is 0 Å². The molecular formula is C10H20N2O. The number of piperidine rings is 1. The molecule has 0 aliphatic carbocycles. The van der Waals surface area contributed by atoms with Crippen molar-refractivity contribution in [2.45, 2.75) is 39.2 Å². The third kappa shape index (κ3) is 3.35. The molecule has 1 amide bonds. The highest BCUT2D eigenvalue weighted by Crippen LogP contribution is 2.10. The average Bonchev–Trinajstić information content (AvgIpc) is 2.19. The third-order valence-electron chi connectivity index (χ3n) is 2.67. The molecule has 0 aromatic heterocycles. The topological polar surface area (TPSA) is 41.1 Å². The van der Waals surface area contributed by atoms with Gasteiger partial charge >= 0.3 is 0 Å². The first-order valence-corrected chi connectivity index (χ1v) is 5.25. The maximum Gasteiger partial charge on any atom is 0.224 e. The lowest BCUT2D eigenvalue weighted by Crippen LogP contribution is -2.43. The summed E-state index contributed by atoms with van der Waals surface area (Å²) in [7, 11) is 0. The molecule has 76 valence electrons. The summed E-state index contributed by atoms with van der Waals surface area (Å²) in [5.74, 6) is 0.421. The van der Waals surface area contributed by atoms with Crippen LogP contribution < -0.4 is 10.6 Å². The first-order chi connectivity index (χ1) is 6.24. The summed E-state index contributed by atoms with van der Waals surface area (Å²) in [6.45, 7) is 6.05. The SMILES string of the molecule is CC[C@H](C)NC(=O)[C@@H]1CCCNC1. The number of rotatable bonds is 3. The zero-order valence-corrected chi connectivity index (χ0v) is 8.60. The average molecular weight is 184 g/mol. The molecule has 3 heteroatoms. The van der Waals surface area contributed by atoms with E-state index in [2.05, 4.69) is 17.6 Å². The number of hydrogen-bond donors (Lipinski definition) is 2. The minimum absolute atomic E-state index is 0.197. The molecule has 1 heterocycles. The van der Waals surface area contributed by atoms with Crippen LogP contribution in [0.15, 0.2) is 0 Å². The van der Waals surface area contributed by atoms with Crippen LogP contribution in [0, 0.1) is 5.92 Å². The van der Waals surface area contributed by atoms with E-state index in [-0.39, 0.29) is 11.8 Å². The summed E-state index contributed by atoms with van der Waals surface area (Å²) in [6.07, 6.45) is 3.17. The number of nitrogens with one attached hydrogen (secondary N) is 2. The highest BCUT2D eigenvalue weighted by molar-refractivity contribution is 5.79. The van der Waals surface area contributed by atoms with Crippen molar-refractivity contribution in [1.82, 2.24) is 10.6 Å².